The van der Waals surface area contributed by atoms with Gasteiger partial charge >= 0.3 is 0 Å². The molecule has 0 bridgehead atoms. The van der Waals surface area contributed by atoms with Crippen molar-refractivity contribution in [3.63, 3.8) is 0 Å². The van der Waals surface area contributed by atoms with Gasteiger partial charge in [-0.15, -0.1) is 0 Å². The molecular weight excluding hydrogens is 507 g/mol. The van der Waals surface area contributed by atoms with E-state index in [-0.39, 0.29) is 12.1 Å². The van der Waals surface area contributed by atoms with Gasteiger partial charge in [0.15, 0.2) is 0 Å². The fourth-order valence-electron chi connectivity index (χ4n) is 8.03. The van der Waals surface area contributed by atoms with Gasteiger partial charge in [0.05, 0.1) is 0 Å². The van der Waals surface area contributed by atoms with E-state index < -0.39 is 0 Å². The van der Waals surface area contributed by atoms with Crippen LogP contribution in [0.3, 0.4) is 0 Å². The van der Waals surface area contributed by atoms with Gasteiger partial charge in [-0.1, -0.05) is 91.0 Å². The Labute approximate surface area is 247 Å². The first-order valence-electron chi connectivity index (χ1n) is 14.8. The summed E-state index contributed by atoms with van der Waals surface area (Å²) in [6, 6.07) is 51.6. The largest absolute Gasteiger partial charge is 0.311 e. The lowest BCUT2D eigenvalue weighted by atomic mass is 9.28. The zero-order chi connectivity index (χ0) is 28.0. The van der Waals surface area contributed by atoms with E-state index >= 15 is 0 Å². The highest BCUT2D eigenvalue weighted by molar-refractivity contribution is 7.01. The Morgan fingerprint density at radius 1 is 0.476 bits per heavy atom. The summed E-state index contributed by atoms with van der Waals surface area (Å²) >= 11 is 0. The third kappa shape index (κ3) is 2.95. The van der Waals surface area contributed by atoms with Crippen molar-refractivity contribution in [1.82, 2.24) is 0 Å². The highest BCUT2D eigenvalue weighted by Gasteiger charge is 2.52. The number of rotatable bonds is 3. The van der Waals surface area contributed by atoms with Gasteiger partial charge in [-0.05, 0) is 101 Å². The van der Waals surface area contributed by atoms with Gasteiger partial charge in [-0.2, -0.15) is 0 Å². The predicted molar refractivity (Wildman–Crippen MR) is 177 cm³/mol. The fraction of sp³-hybridized carbons (Fsp3) is 0.0769. The maximum Gasteiger partial charge on any atom is 0.252 e. The summed E-state index contributed by atoms with van der Waals surface area (Å²) in [5.74, 6) is 0. The van der Waals surface area contributed by atoms with Gasteiger partial charge in [-0.25, -0.2) is 0 Å². The first-order valence-corrected chi connectivity index (χ1v) is 14.8. The summed E-state index contributed by atoms with van der Waals surface area (Å²) in [5.41, 5.74) is 16.8. The highest BCUT2D eigenvalue weighted by Crippen LogP contribution is 2.50. The number of aryl methyl sites for hydroxylation is 1. The molecule has 2 nitrogen and oxygen atoms in total. The van der Waals surface area contributed by atoms with Crippen molar-refractivity contribution < 1.29 is 0 Å². The molecule has 3 heterocycles. The predicted octanol–water partition coefficient (Wildman–Crippen LogP) is 7.75. The second kappa shape index (κ2) is 8.50. The maximum absolute atomic E-state index is 2.51. The van der Waals surface area contributed by atoms with Crippen molar-refractivity contribution in [2.75, 3.05) is 9.80 Å². The second-order valence-electron chi connectivity index (χ2n) is 12.0. The van der Waals surface area contributed by atoms with Crippen LogP contribution in [-0.2, 0) is 5.41 Å². The van der Waals surface area contributed by atoms with Crippen LogP contribution in [0.1, 0.15) is 29.2 Å². The minimum atomic E-state index is -0.307. The van der Waals surface area contributed by atoms with Crippen molar-refractivity contribution >= 4 is 57.2 Å². The van der Waals surface area contributed by atoms with Crippen molar-refractivity contribution in [2.24, 2.45) is 0 Å². The molecule has 0 aliphatic carbocycles. The number of para-hydroxylation sites is 2. The molecule has 198 valence electrons. The average molecular weight is 536 g/mol. The van der Waals surface area contributed by atoms with E-state index in [1.807, 2.05) is 0 Å². The standard InChI is InChI=1S/C39H29BN2/c1-26-24-34-38-35(25-26)42(29-18-10-5-11-19-29)33-23-13-21-31-37(33)40(38)36-30(39(31,2)27-14-6-3-7-15-27)20-12-22-32(36)41(34)28-16-8-4-9-17-28/h3-25H,1-2H3. The van der Waals surface area contributed by atoms with E-state index in [1.165, 1.54) is 72.8 Å². The van der Waals surface area contributed by atoms with E-state index in [0.29, 0.717) is 0 Å². The second-order valence-corrected chi connectivity index (χ2v) is 12.0. The van der Waals surface area contributed by atoms with Crippen molar-refractivity contribution in [1.29, 1.82) is 0 Å². The number of hydrogen-bond acceptors (Lipinski definition) is 2. The van der Waals surface area contributed by atoms with Crippen LogP contribution in [-0.4, -0.2) is 6.71 Å². The number of nitrogens with zero attached hydrogens (tertiary/aromatic N) is 2. The van der Waals surface area contributed by atoms with Crippen LogP contribution in [0.15, 0.2) is 140 Å². The lowest BCUT2D eigenvalue weighted by Crippen LogP contribution is -2.67. The quantitative estimate of drug-likeness (QED) is 0.213. The molecule has 6 aromatic carbocycles. The normalized spacial score (nSPS) is 15.0. The minimum Gasteiger partial charge on any atom is -0.311 e. The Balaban J connectivity index is 1.48. The van der Waals surface area contributed by atoms with Crippen LogP contribution in [0.4, 0.5) is 34.1 Å². The van der Waals surface area contributed by atoms with Gasteiger partial charge in [0.2, 0.25) is 0 Å². The first-order chi connectivity index (χ1) is 20.7. The van der Waals surface area contributed by atoms with Crippen molar-refractivity contribution in [2.45, 2.75) is 19.3 Å². The maximum atomic E-state index is 2.51. The number of hydrogen-bond donors (Lipinski definition) is 0. The SMILES string of the molecule is Cc1cc2c3c(c1)N(c1ccccc1)c1cccc4c1B3c1c(cccc1C4(C)c1ccccc1)N2c1ccccc1. The Hall–Kier alpha value is -5.02. The molecule has 0 atom stereocenters. The van der Waals surface area contributed by atoms with Crippen LogP contribution >= 0.6 is 0 Å². The van der Waals surface area contributed by atoms with Gasteiger partial charge in [0.1, 0.15) is 0 Å². The Morgan fingerprint density at radius 3 is 1.40 bits per heavy atom. The Kier molecular flexibility index (Phi) is 4.79. The molecular formula is C39H29BN2. The molecule has 6 aromatic rings. The molecule has 0 unspecified atom stereocenters. The molecule has 0 fully saturated rings. The van der Waals surface area contributed by atoms with E-state index in [9.17, 15) is 0 Å². The van der Waals surface area contributed by atoms with Crippen LogP contribution in [0, 0.1) is 6.92 Å². The van der Waals surface area contributed by atoms with Crippen LogP contribution < -0.4 is 26.2 Å². The molecule has 0 saturated heterocycles. The van der Waals surface area contributed by atoms with Crippen molar-refractivity contribution in [3.05, 3.63) is 162 Å². The molecule has 0 amide bonds. The lowest BCUT2D eigenvalue weighted by Gasteiger charge is -2.51. The van der Waals surface area contributed by atoms with Gasteiger partial charge in [-0.3, -0.25) is 0 Å². The molecule has 3 aliphatic heterocycles. The van der Waals surface area contributed by atoms with Gasteiger partial charge in [0, 0.05) is 39.5 Å². The molecule has 9 rings (SSSR count). The fourth-order valence-corrected chi connectivity index (χ4v) is 8.03. The third-order valence-electron chi connectivity index (χ3n) is 9.73. The Bertz CT molecular complexity index is 1900. The summed E-state index contributed by atoms with van der Waals surface area (Å²) in [6.07, 6.45) is 0. The first kappa shape index (κ1) is 23.7. The van der Waals surface area contributed by atoms with Crippen LogP contribution in [0.5, 0.6) is 0 Å². The molecule has 0 aromatic heterocycles. The van der Waals surface area contributed by atoms with Crippen molar-refractivity contribution in [3.8, 4) is 0 Å². The molecule has 3 aliphatic rings. The number of benzene rings is 6. The smallest absolute Gasteiger partial charge is 0.252 e. The van der Waals surface area contributed by atoms with Crippen LogP contribution in [0.25, 0.3) is 0 Å². The van der Waals surface area contributed by atoms with E-state index in [1.54, 1.807) is 0 Å². The van der Waals surface area contributed by atoms with E-state index in [0.717, 1.165) is 0 Å². The summed E-state index contributed by atoms with van der Waals surface area (Å²) in [6.45, 7) is 4.82. The van der Waals surface area contributed by atoms with Crippen LogP contribution in [0.2, 0.25) is 0 Å². The monoisotopic (exact) mass is 536 g/mol. The summed E-state index contributed by atoms with van der Waals surface area (Å²) in [4.78, 5) is 5.02. The summed E-state index contributed by atoms with van der Waals surface area (Å²) < 4.78 is 0. The Morgan fingerprint density at radius 2 is 0.929 bits per heavy atom. The molecule has 0 N–H and O–H groups in total. The zero-order valence-electron chi connectivity index (χ0n) is 23.8. The van der Waals surface area contributed by atoms with Gasteiger partial charge in [0.25, 0.3) is 6.71 Å². The zero-order valence-corrected chi connectivity index (χ0v) is 23.8. The van der Waals surface area contributed by atoms with E-state index in [4.69, 9.17) is 0 Å². The molecule has 0 saturated carbocycles. The van der Waals surface area contributed by atoms with E-state index in [2.05, 4.69) is 163 Å². The topological polar surface area (TPSA) is 6.48 Å². The minimum absolute atomic E-state index is 0.157. The summed E-state index contributed by atoms with van der Waals surface area (Å²) in [7, 11) is 0. The molecule has 42 heavy (non-hydrogen) atoms. The van der Waals surface area contributed by atoms with Gasteiger partial charge < -0.3 is 9.80 Å². The molecule has 0 spiro atoms. The molecule has 3 heteroatoms. The highest BCUT2D eigenvalue weighted by atomic mass is 15.2. The third-order valence-corrected chi connectivity index (χ3v) is 9.73. The number of anilines is 6. The lowest BCUT2D eigenvalue weighted by molar-refractivity contribution is 0.697. The summed E-state index contributed by atoms with van der Waals surface area (Å²) in [5, 5.41) is 0. The molecule has 0 radical (unpaired) electrons. The average Bonchev–Trinajstić information content (AvgIpc) is 3.04.